The maximum absolute atomic E-state index is 14.3. The Morgan fingerprint density at radius 1 is 1.09 bits per heavy atom. The molecule has 3 aromatic rings. The molecule has 10 heteroatoms. The Morgan fingerprint density at radius 3 is 2.44 bits per heavy atom. The van der Waals surface area contributed by atoms with Gasteiger partial charge in [-0.05, 0) is 43.0 Å². The van der Waals surface area contributed by atoms with Gasteiger partial charge >= 0.3 is 6.18 Å². The van der Waals surface area contributed by atoms with Gasteiger partial charge in [0.2, 0.25) is 0 Å². The average molecular weight is 456 g/mol. The summed E-state index contributed by atoms with van der Waals surface area (Å²) < 4.78 is 84.7. The molecule has 0 unspecified atom stereocenters. The molecule has 3 atom stereocenters. The highest BCUT2D eigenvalue weighted by atomic mass is 19.4. The Hall–Kier alpha value is -3.01. The molecule has 0 spiro atoms. The molecule has 0 fully saturated rings. The Morgan fingerprint density at radius 2 is 1.78 bits per heavy atom. The summed E-state index contributed by atoms with van der Waals surface area (Å²) in [7, 11) is 0. The lowest BCUT2D eigenvalue weighted by molar-refractivity contribution is -0.272. The summed E-state index contributed by atoms with van der Waals surface area (Å²) in [6.45, 7) is 2.86. The van der Waals surface area contributed by atoms with Crippen molar-refractivity contribution in [2.24, 2.45) is 0 Å². The van der Waals surface area contributed by atoms with Crippen LogP contribution in [0.4, 0.5) is 32.0 Å². The number of nitrogens with zero attached hydrogens (tertiary/aromatic N) is 1. The van der Waals surface area contributed by atoms with E-state index < -0.39 is 58.9 Å². The Balaban J connectivity index is 1.96. The number of halogens is 6. The van der Waals surface area contributed by atoms with Gasteiger partial charge in [0, 0.05) is 28.4 Å². The predicted molar refractivity (Wildman–Crippen MR) is 105 cm³/mol. The zero-order chi connectivity index (χ0) is 23.6. The van der Waals surface area contributed by atoms with Crippen LogP contribution in [0.15, 0.2) is 30.3 Å². The first kappa shape index (κ1) is 22.2. The number of alkyl halides is 3. The third kappa shape index (κ3) is 3.24. The molecular weight excluding hydrogens is 438 g/mol. The van der Waals surface area contributed by atoms with Crippen molar-refractivity contribution in [1.29, 1.82) is 0 Å². The first-order valence-corrected chi connectivity index (χ1v) is 9.67. The lowest BCUT2D eigenvalue weighted by Gasteiger charge is -2.45. The average Bonchev–Trinajstić information content (AvgIpc) is 2.70. The summed E-state index contributed by atoms with van der Waals surface area (Å²) in [5.74, 6) is -5.50. The minimum absolute atomic E-state index is 0.00877. The van der Waals surface area contributed by atoms with E-state index in [-0.39, 0.29) is 22.2 Å². The molecule has 170 valence electrons. The number of hydrogen-bond donors (Lipinski definition) is 3. The van der Waals surface area contributed by atoms with Crippen LogP contribution < -0.4 is 5.32 Å². The molecule has 1 aliphatic carbocycles. The lowest BCUT2D eigenvalue weighted by Crippen LogP contribution is -2.55. The van der Waals surface area contributed by atoms with Gasteiger partial charge in [-0.1, -0.05) is 13.0 Å². The van der Waals surface area contributed by atoms with Crippen molar-refractivity contribution in [3.8, 4) is 5.75 Å². The second kappa shape index (κ2) is 7.26. The number of pyridine rings is 1. The van der Waals surface area contributed by atoms with Crippen LogP contribution in [0, 0.1) is 24.4 Å². The van der Waals surface area contributed by atoms with Crippen LogP contribution in [0.3, 0.4) is 0 Å². The molecule has 0 aliphatic heterocycles. The number of nitrogens with one attached hydrogen (secondary N) is 1. The second-order valence-electron chi connectivity index (χ2n) is 8.07. The number of aromatic nitrogens is 1. The fourth-order valence-corrected chi connectivity index (χ4v) is 4.38. The van der Waals surface area contributed by atoms with Gasteiger partial charge in [-0.15, -0.1) is 0 Å². The molecule has 1 aliphatic rings. The molecular formula is C22H18F6N2O2. The minimum Gasteiger partial charge on any atom is -0.505 e. The lowest BCUT2D eigenvalue weighted by atomic mass is 9.70. The molecule has 1 heterocycles. The van der Waals surface area contributed by atoms with Crippen LogP contribution in [-0.2, 0) is 0 Å². The Kier molecular flexibility index (Phi) is 5.04. The van der Waals surface area contributed by atoms with Crippen LogP contribution >= 0.6 is 0 Å². The summed E-state index contributed by atoms with van der Waals surface area (Å²) >= 11 is 0. The predicted octanol–water partition coefficient (Wildman–Crippen LogP) is 5.62. The number of phenolic OH excluding ortho intramolecular Hbond substituents is 1. The second-order valence-corrected chi connectivity index (χ2v) is 8.07. The van der Waals surface area contributed by atoms with Crippen molar-refractivity contribution in [3.63, 3.8) is 0 Å². The first-order chi connectivity index (χ1) is 14.8. The zero-order valence-electron chi connectivity index (χ0n) is 16.9. The summed E-state index contributed by atoms with van der Waals surface area (Å²) in [5.41, 5.74) is -3.94. The summed E-state index contributed by atoms with van der Waals surface area (Å²) in [4.78, 5) is 3.93. The van der Waals surface area contributed by atoms with Crippen molar-refractivity contribution in [1.82, 2.24) is 4.98 Å². The SMILES string of the molecule is Cc1ccc2c(N[C@H]3c4ccc(F)c(O)c4[C@@H](C)C[C@]3(O)C(F)(F)F)cc(F)c(F)c2n1. The van der Waals surface area contributed by atoms with Crippen LogP contribution in [0.2, 0.25) is 0 Å². The fourth-order valence-electron chi connectivity index (χ4n) is 4.38. The molecule has 0 saturated carbocycles. The number of phenols is 1. The van der Waals surface area contributed by atoms with E-state index in [0.29, 0.717) is 11.8 Å². The molecule has 2 aromatic carbocycles. The van der Waals surface area contributed by atoms with Gasteiger partial charge in [0.1, 0.15) is 5.52 Å². The van der Waals surface area contributed by atoms with Gasteiger partial charge in [-0.3, -0.25) is 0 Å². The van der Waals surface area contributed by atoms with Gasteiger partial charge in [0.25, 0.3) is 0 Å². The van der Waals surface area contributed by atoms with E-state index in [1.165, 1.54) is 26.0 Å². The van der Waals surface area contributed by atoms with Crippen LogP contribution in [-0.4, -0.2) is 27.0 Å². The van der Waals surface area contributed by atoms with Crippen molar-refractivity contribution < 1.29 is 36.6 Å². The van der Waals surface area contributed by atoms with Gasteiger partial charge in [0.15, 0.2) is 28.8 Å². The van der Waals surface area contributed by atoms with Gasteiger partial charge in [0.05, 0.1) is 6.04 Å². The summed E-state index contributed by atoms with van der Waals surface area (Å²) in [6, 6.07) is 3.37. The third-order valence-corrected chi connectivity index (χ3v) is 5.90. The number of rotatable bonds is 2. The van der Waals surface area contributed by atoms with Gasteiger partial charge < -0.3 is 15.5 Å². The van der Waals surface area contributed by atoms with Crippen molar-refractivity contribution in [3.05, 3.63) is 64.6 Å². The zero-order valence-corrected chi connectivity index (χ0v) is 16.9. The van der Waals surface area contributed by atoms with Crippen LogP contribution in [0.1, 0.15) is 42.1 Å². The number of fused-ring (bicyclic) bond motifs is 2. The van der Waals surface area contributed by atoms with Gasteiger partial charge in [-0.25, -0.2) is 18.2 Å². The summed E-state index contributed by atoms with van der Waals surface area (Å²) in [5, 5.41) is 23.4. The van der Waals surface area contributed by atoms with E-state index in [1.54, 1.807) is 0 Å². The minimum atomic E-state index is -5.14. The Bertz CT molecular complexity index is 1230. The number of aryl methyl sites for hydroxylation is 1. The molecule has 3 N–H and O–H groups in total. The molecule has 1 aromatic heterocycles. The van der Waals surface area contributed by atoms with E-state index in [9.17, 15) is 36.6 Å². The standard InChI is InChI=1S/C22H18F6N2O2/c1-9-8-21(32,22(26,27)28)20(12-5-6-13(23)19(31)16(9)12)30-15-7-14(24)17(25)18-11(15)4-3-10(2)29-18/h3-7,9,20,30-32H,8H2,1-2H3/t9-,20-,21+/m0/s1. The maximum Gasteiger partial charge on any atom is 0.419 e. The van der Waals surface area contributed by atoms with Crippen molar-refractivity contribution in [2.45, 2.75) is 44.0 Å². The maximum atomic E-state index is 14.3. The first-order valence-electron chi connectivity index (χ1n) is 9.67. The topological polar surface area (TPSA) is 65.4 Å². The fraction of sp³-hybridized carbons (Fsp3) is 0.318. The van der Waals surface area contributed by atoms with Gasteiger partial charge in [-0.2, -0.15) is 13.2 Å². The molecule has 0 saturated heterocycles. The molecule has 0 radical (unpaired) electrons. The van der Waals surface area contributed by atoms with Crippen LogP contribution in [0.25, 0.3) is 10.9 Å². The Labute approximate surface area is 178 Å². The van der Waals surface area contributed by atoms with Crippen molar-refractivity contribution in [2.75, 3.05) is 5.32 Å². The highest BCUT2D eigenvalue weighted by molar-refractivity contribution is 5.92. The van der Waals surface area contributed by atoms with E-state index in [1.807, 2.05) is 0 Å². The summed E-state index contributed by atoms with van der Waals surface area (Å²) in [6.07, 6.45) is -6.03. The molecule has 4 rings (SSSR count). The van der Waals surface area contributed by atoms with Crippen molar-refractivity contribution >= 4 is 16.6 Å². The third-order valence-electron chi connectivity index (χ3n) is 5.90. The quantitative estimate of drug-likeness (QED) is 0.438. The van der Waals surface area contributed by atoms with E-state index in [4.69, 9.17) is 0 Å². The normalized spacial score (nSPS) is 23.3. The monoisotopic (exact) mass is 456 g/mol. The van der Waals surface area contributed by atoms with E-state index >= 15 is 0 Å². The highest BCUT2D eigenvalue weighted by Gasteiger charge is 2.62. The number of aliphatic hydroxyl groups is 1. The molecule has 32 heavy (non-hydrogen) atoms. The van der Waals surface area contributed by atoms with E-state index in [2.05, 4.69) is 10.3 Å². The molecule has 0 amide bonds. The molecule has 0 bridgehead atoms. The highest BCUT2D eigenvalue weighted by Crippen LogP contribution is 2.54. The largest absolute Gasteiger partial charge is 0.505 e. The van der Waals surface area contributed by atoms with E-state index in [0.717, 1.165) is 12.1 Å². The number of aromatic hydroxyl groups is 1. The van der Waals surface area contributed by atoms with Crippen LogP contribution in [0.5, 0.6) is 5.75 Å². The number of hydrogen-bond acceptors (Lipinski definition) is 4. The number of benzene rings is 2. The number of anilines is 1. The smallest absolute Gasteiger partial charge is 0.419 e. The molecule has 4 nitrogen and oxygen atoms in total.